The molecule has 0 rings (SSSR count). The lowest BCUT2D eigenvalue weighted by Gasteiger charge is -2.30. The molecule has 0 bridgehead atoms. The molecule has 0 atom stereocenters. The highest BCUT2D eigenvalue weighted by atomic mass is 15.2. The van der Waals surface area contributed by atoms with Crippen LogP contribution in [-0.4, -0.2) is 49.6 Å². The second-order valence-corrected chi connectivity index (χ2v) is 4.48. The van der Waals surface area contributed by atoms with Gasteiger partial charge < -0.3 is 10.6 Å². The van der Waals surface area contributed by atoms with Crippen LogP contribution in [0.4, 0.5) is 0 Å². The number of nitrogens with zero attached hydrogens (tertiary/aromatic N) is 2. The maximum Gasteiger partial charge on any atom is 0.191 e. The van der Waals surface area contributed by atoms with Crippen LogP contribution in [0.25, 0.3) is 0 Å². The highest BCUT2D eigenvalue weighted by molar-refractivity contribution is 5.79. The number of terminal acetylenes is 1. The summed E-state index contributed by atoms with van der Waals surface area (Å²) in [6.45, 7) is 11.2. The SMILES string of the molecule is C#CCNC(=NC)NCCN(C(C)C)C(C)C. The van der Waals surface area contributed by atoms with Crippen molar-refractivity contribution in [2.24, 2.45) is 4.99 Å². The Bertz CT molecular complexity index is 255. The summed E-state index contributed by atoms with van der Waals surface area (Å²) < 4.78 is 0. The van der Waals surface area contributed by atoms with Crippen LogP contribution in [0.2, 0.25) is 0 Å². The summed E-state index contributed by atoms with van der Waals surface area (Å²) in [7, 11) is 1.74. The number of nitrogens with one attached hydrogen (secondary N) is 2. The van der Waals surface area contributed by atoms with E-state index in [1.165, 1.54) is 0 Å². The van der Waals surface area contributed by atoms with Crippen molar-refractivity contribution >= 4 is 5.96 Å². The molecular formula is C13H26N4. The van der Waals surface area contributed by atoms with Gasteiger partial charge in [-0.15, -0.1) is 6.42 Å². The lowest BCUT2D eigenvalue weighted by molar-refractivity contribution is 0.178. The van der Waals surface area contributed by atoms with Crippen LogP contribution in [-0.2, 0) is 0 Å². The summed E-state index contributed by atoms with van der Waals surface area (Å²) in [6, 6.07) is 1.11. The minimum absolute atomic E-state index is 0.498. The molecule has 0 aromatic heterocycles. The number of rotatable bonds is 6. The quantitative estimate of drug-likeness (QED) is 0.410. The molecule has 17 heavy (non-hydrogen) atoms. The van der Waals surface area contributed by atoms with Crippen molar-refractivity contribution in [1.82, 2.24) is 15.5 Å². The molecule has 0 aliphatic rings. The van der Waals surface area contributed by atoms with Gasteiger partial charge in [0, 0.05) is 32.2 Å². The van der Waals surface area contributed by atoms with Crippen LogP contribution in [0.3, 0.4) is 0 Å². The van der Waals surface area contributed by atoms with E-state index < -0.39 is 0 Å². The first kappa shape index (κ1) is 15.8. The second-order valence-electron chi connectivity index (χ2n) is 4.48. The van der Waals surface area contributed by atoms with Crippen molar-refractivity contribution in [3.05, 3.63) is 0 Å². The van der Waals surface area contributed by atoms with Gasteiger partial charge in [0.25, 0.3) is 0 Å². The van der Waals surface area contributed by atoms with Crippen molar-refractivity contribution in [2.75, 3.05) is 26.7 Å². The van der Waals surface area contributed by atoms with E-state index in [1.54, 1.807) is 7.05 Å². The number of aliphatic imine (C=N–C) groups is 1. The fourth-order valence-corrected chi connectivity index (χ4v) is 1.77. The molecule has 4 nitrogen and oxygen atoms in total. The topological polar surface area (TPSA) is 39.7 Å². The molecule has 0 aromatic carbocycles. The smallest absolute Gasteiger partial charge is 0.191 e. The molecule has 0 heterocycles. The molecule has 0 unspecified atom stereocenters. The van der Waals surface area contributed by atoms with Crippen LogP contribution in [0.5, 0.6) is 0 Å². The van der Waals surface area contributed by atoms with Gasteiger partial charge in [-0.2, -0.15) is 0 Å². The Balaban J connectivity index is 3.99. The van der Waals surface area contributed by atoms with Crippen LogP contribution >= 0.6 is 0 Å². The zero-order valence-electron chi connectivity index (χ0n) is 11.7. The normalized spacial score (nSPS) is 12.1. The largest absolute Gasteiger partial charge is 0.355 e. The Labute approximate surface area is 106 Å². The third-order valence-corrected chi connectivity index (χ3v) is 2.57. The molecule has 0 spiro atoms. The molecule has 0 saturated heterocycles. The summed E-state index contributed by atoms with van der Waals surface area (Å²) in [4.78, 5) is 6.52. The van der Waals surface area contributed by atoms with Gasteiger partial charge in [-0.1, -0.05) is 5.92 Å². The lowest BCUT2D eigenvalue weighted by atomic mass is 10.2. The molecule has 0 aliphatic heterocycles. The van der Waals surface area contributed by atoms with Crippen molar-refractivity contribution in [2.45, 2.75) is 39.8 Å². The fraction of sp³-hybridized carbons (Fsp3) is 0.769. The van der Waals surface area contributed by atoms with Gasteiger partial charge in [-0.3, -0.25) is 9.89 Å². The third-order valence-electron chi connectivity index (χ3n) is 2.57. The number of guanidine groups is 1. The fourth-order valence-electron chi connectivity index (χ4n) is 1.77. The van der Waals surface area contributed by atoms with Crippen molar-refractivity contribution in [3.63, 3.8) is 0 Å². The van der Waals surface area contributed by atoms with Crippen molar-refractivity contribution in [3.8, 4) is 12.3 Å². The molecule has 4 heteroatoms. The lowest BCUT2D eigenvalue weighted by Crippen LogP contribution is -2.45. The zero-order valence-corrected chi connectivity index (χ0v) is 11.7. The summed E-state index contributed by atoms with van der Waals surface area (Å²) in [5.41, 5.74) is 0. The highest BCUT2D eigenvalue weighted by Crippen LogP contribution is 2.02. The minimum atomic E-state index is 0.498. The second kappa shape index (κ2) is 8.89. The van der Waals surface area contributed by atoms with Crippen LogP contribution in [0, 0.1) is 12.3 Å². The van der Waals surface area contributed by atoms with E-state index in [2.05, 4.69) is 54.1 Å². The predicted molar refractivity (Wildman–Crippen MR) is 75.2 cm³/mol. The maximum atomic E-state index is 5.18. The number of hydrogen-bond acceptors (Lipinski definition) is 2. The first-order valence-corrected chi connectivity index (χ1v) is 6.16. The van der Waals surface area contributed by atoms with Gasteiger partial charge in [0.1, 0.15) is 0 Å². The summed E-state index contributed by atoms with van der Waals surface area (Å²) in [5.74, 6) is 3.29. The standard InChI is InChI=1S/C13H26N4/c1-7-8-15-13(14-6)16-9-10-17(11(2)3)12(4)5/h1,11-12H,8-10H2,2-6H3,(H2,14,15,16). The van der Waals surface area contributed by atoms with Crippen LogP contribution < -0.4 is 10.6 Å². The van der Waals surface area contributed by atoms with Gasteiger partial charge in [-0.05, 0) is 27.7 Å². The van der Waals surface area contributed by atoms with Gasteiger partial charge in [-0.25, -0.2) is 0 Å². The summed E-state index contributed by atoms with van der Waals surface area (Å²) in [5, 5.41) is 6.28. The average Bonchev–Trinajstić information content (AvgIpc) is 2.27. The molecular weight excluding hydrogens is 212 g/mol. The molecule has 98 valence electrons. The molecule has 0 aromatic rings. The molecule has 0 fully saturated rings. The Morgan fingerprint density at radius 1 is 1.24 bits per heavy atom. The summed E-state index contributed by atoms with van der Waals surface area (Å²) in [6.07, 6.45) is 5.18. The van der Waals surface area contributed by atoms with Gasteiger partial charge >= 0.3 is 0 Å². The van der Waals surface area contributed by atoms with Crippen molar-refractivity contribution in [1.29, 1.82) is 0 Å². The summed E-state index contributed by atoms with van der Waals surface area (Å²) >= 11 is 0. The van der Waals surface area contributed by atoms with Gasteiger partial charge in [0.15, 0.2) is 5.96 Å². The van der Waals surface area contributed by atoms with Crippen LogP contribution in [0.15, 0.2) is 4.99 Å². The van der Waals surface area contributed by atoms with Gasteiger partial charge in [0.05, 0.1) is 6.54 Å². The Kier molecular flexibility index (Phi) is 8.25. The molecule has 0 amide bonds. The first-order valence-electron chi connectivity index (χ1n) is 6.16. The monoisotopic (exact) mass is 238 g/mol. The van der Waals surface area contributed by atoms with E-state index in [9.17, 15) is 0 Å². The molecule has 0 radical (unpaired) electrons. The molecule has 0 aliphatic carbocycles. The third kappa shape index (κ3) is 6.85. The maximum absolute atomic E-state index is 5.18. The van der Waals surface area contributed by atoms with Crippen LogP contribution in [0.1, 0.15) is 27.7 Å². The first-order chi connectivity index (χ1) is 8.02. The van der Waals surface area contributed by atoms with E-state index in [1.807, 2.05) is 0 Å². The van der Waals surface area contributed by atoms with E-state index in [0.29, 0.717) is 18.6 Å². The Morgan fingerprint density at radius 2 is 1.82 bits per heavy atom. The van der Waals surface area contributed by atoms with E-state index in [0.717, 1.165) is 19.0 Å². The predicted octanol–water partition coefficient (Wildman–Crippen LogP) is 0.903. The highest BCUT2D eigenvalue weighted by Gasteiger charge is 2.12. The van der Waals surface area contributed by atoms with E-state index >= 15 is 0 Å². The Hall–Kier alpha value is -1.21. The zero-order chi connectivity index (χ0) is 13.3. The van der Waals surface area contributed by atoms with Gasteiger partial charge in [0.2, 0.25) is 0 Å². The van der Waals surface area contributed by atoms with E-state index in [-0.39, 0.29) is 0 Å². The van der Waals surface area contributed by atoms with E-state index in [4.69, 9.17) is 6.42 Å². The Morgan fingerprint density at radius 3 is 2.24 bits per heavy atom. The molecule has 2 N–H and O–H groups in total. The minimum Gasteiger partial charge on any atom is -0.355 e. The number of hydrogen-bond donors (Lipinski definition) is 2. The van der Waals surface area contributed by atoms with Crippen molar-refractivity contribution < 1.29 is 0 Å². The molecule has 0 saturated carbocycles. The average molecular weight is 238 g/mol.